The van der Waals surface area contributed by atoms with Crippen LogP contribution in [0.5, 0.6) is 0 Å². The summed E-state index contributed by atoms with van der Waals surface area (Å²) in [5.74, 6) is 0. The number of halogens is 12. The Morgan fingerprint density at radius 3 is 1.06 bits per heavy atom. The Bertz CT molecular complexity index is 1050. The second-order valence-electron chi connectivity index (χ2n) is 7.49. The van der Waals surface area contributed by atoms with E-state index in [9.17, 15) is 57.6 Å². The van der Waals surface area contributed by atoms with Crippen molar-refractivity contribution in [3.8, 4) is 0 Å². The number of fused-ring (bicyclic) bond motifs is 4. The van der Waals surface area contributed by atoms with E-state index < -0.39 is 64.9 Å². The second kappa shape index (κ2) is 6.37. The minimum absolute atomic E-state index is 0.140. The van der Waals surface area contributed by atoms with Crippen molar-refractivity contribution in [2.75, 3.05) is 0 Å². The Hall–Kier alpha value is -2.09. The molecule has 1 spiro atoms. The summed E-state index contributed by atoms with van der Waals surface area (Å²) in [4.78, 5) is 11.4. The van der Waals surface area contributed by atoms with Crippen molar-refractivity contribution in [1.82, 2.24) is 0 Å². The van der Waals surface area contributed by atoms with Crippen LogP contribution in [0.15, 0.2) is 48.5 Å². The third-order valence-electron chi connectivity index (χ3n) is 5.63. The molecule has 2 aromatic rings. The summed E-state index contributed by atoms with van der Waals surface area (Å²) in [7, 11) is -7.43. The molecule has 2 aromatic carbocycles. The SMILES string of the molecule is OP12(OC(C(F)(F)F)(C(F)(F)F)c3ccccc31)OC(C(F)(F)F)(C(F)(F)F)c1ccccc12. The van der Waals surface area contributed by atoms with E-state index in [2.05, 4.69) is 9.05 Å². The zero-order valence-corrected chi connectivity index (χ0v) is 16.8. The van der Waals surface area contributed by atoms with Crippen molar-refractivity contribution in [3.63, 3.8) is 0 Å². The molecule has 0 amide bonds. The van der Waals surface area contributed by atoms with Gasteiger partial charge in [-0.15, -0.1) is 0 Å². The van der Waals surface area contributed by atoms with Crippen molar-refractivity contribution in [3.05, 3.63) is 59.7 Å². The zero-order valence-electron chi connectivity index (χ0n) is 15.9. The molecule has 4 rings (SSSR count). The Balaban J connectivity index is 2.22. The van der Waals surface area contributed by atoms with Gasteiger partial charge in [-0.25, -0.2) is 0 Å². The molecule has 0 fully saturated rings. The predicted molar refractivity (Wildman–Crippen MR) is 91.0 cm³/mol. The van der Waals surface area contributed by atoms with Gasteiger partial charge in [-0.3, -0.25) is 0 Å². The molecule has 2 heterocycles. The third kappa shape index (κ3) is 2.61. The van der Waals surface area contributed by atoms with Crippen molar-refractivity contribution in [2.24, 2.45) is 0 Å². The molecule has 0 aromatic heterocycles. The predicted octanol–water partition coefficient (Wildman–Crippen LogP) is 5.63. The van der Waals surface area contributed by atoms with E-state index in [1.165, 1.54) is 0 Å². The number of hydrogen-bond donors (Lipinski definition) is 1. The summed E-state index contributed by atoms with van der Waals surface area (Å²) < 4.78 is 176. The topological polar surface area (TPSA) is 38.7 Å². The Morgan fingerprint density at radius 1 is 0.529 bits per heavy atom. The average Bonchev–Trinajstić information content (AvgIpc) is 3.08. The fourth-order valence-corrected chi connectivity index (χ4v) is 8.65. The van der Waals surface area contributed by atoms with Crippen molar-refractivity contribution in [1.29, 1.82) is 0 Å². The van der Waals surface area contributed by atoms with Crippen LogP contribution in [0.25, 0.3) is 0 Å². The van der Waals surface area contributed by atoms with Crippen LogP contribution in [0.1, 0.15) is 11.1 Å². The van der Waals surface area contributed by atoms with Gasteiger partial charge in [0.25, 0.3) is 0 Å². The van der Waals surface area contributed by atoms with E-state index >= 15 is 0 Å². The van der Waals surface area contributed by atoms with Crippen LogP contribution in [0, 0.1) is 0 Å². The van der Waals surface area contributed by atoms with E-state index in [-0.39, 0.29) is 12.1 Å². The van der Waals surface area contributed by atoms with E-state index in [4.69, 9.17) is 0 Å². The van der Waals surface area contributed by atoms with Crippen LogP contribution in [0.3, 0.4) is 0 Å². The van der Waals surface area contributed by atoms with Gasteiger partial charge in [0.2, 0.25) is 0 Å². The van der Waals surface area contributed by atoms with Gasteiger partial charge in [-0.1, -0.05) is 0 Å². The van der Waals surface area contributed by atoms with Gasteiger partial charge in [0.1, 0.15) is 0 Å². The Labute approximate surface area is 181 Å². The van der Waals surface area contributed by atoms with E-state index in [0.717, 1.165) is 0 Å². The first-order valence-corrected chi connectivity index (χ1v) is 10.9. The van der Waals surface area contributed by atoms with Gasteiger partial charge in [0.05, 0.1) is 0 Å². The van der Waals surface area contributed by atoms with Gasteiger partial charge >= 0.3 is 180 Å². The van der Waals surface area contributed by atoms with Crippen molar-refractivity contribution >= 4 is 17.9 Å². The van der Waals surface area contributed by atoms with E-state index in [1.807, 2.05) is 0 Å². The maximum absolute atomic E-state index is 14.0. The normalized spacial score (nSPS) is 23.7. The van der Waals surface area contributed by atoms with Crippen LogP contribution in [0.2, 0.25) is 0 Å². The zero-order chi connectivity index (χ0) is 25.8. The summed E-state index contributed by atoms with van der Waals surface area (Å²) >= 11 is 0. The summed E-state index contributed by atoms with van der Waals surface area (Å²) in [5.41, 5.74) is -14.9. The molecular weight excluding hydrogens is 523 g/mol. The molecule has 0 radical (unpaired) electrons. The molecule has 1 N–H and O–H groups in total. The first kappa shape index (κ1) is 25.0. The fraction of sp³-hybridized carbons (Fsp3) is 0.333. The summed E-state index contributed by atoms with van der Waals surface area (Å²) in [6.07, 6.45) is -26.0. The van der Waals surface area contributed by atoms with Crippen LogP contribution in [-0.2, 0) is 20.2 Å². The number of benzene rings is 2. The Morgan fingerprint density at radius 2 is 0.794 bits per heavy atom. The van der Waals surface area contributed by atoms with E-state index in [1.54, 1.807) is 0 Å². The molecule has 0 saturated heterocycles. The summed E-state index contributed by atoms with van der Waals surface area (Å²) in [6.45, 7) is 0. The molecule has 2 aliphatic heterocycles. The van der Waals surface area contributed by atoms with Crippen molar-refractivity contribution in [2.45, 2.75) is 35.9 Å². The summed E-state index contributed by atoms with van der Waals surface area (Å²) in [5, 5.41) is -3.24. The molecule has 0 atom stereocenters. The minimum atomic E-state index is -7.43. The maximum atomic E-state index is 14.0. The standard InChI is InChI=1S/C18H9F12O3P/c19-15(20,21)13(16(22,23)24)9-5-1-3-7-11(9)34(31,32-13)12-8-4-2-6-10(12)14(33-34,17(25,26)27)18(28,29)30/h1-8,31H. The molecule has 3 nitrogen and oxygen atoms in total. The fourth-order valence-electron chi connectivity index (χ4n) is 4.32. The van der Waals surface area contributed by atoms with Crippen LogP contribution in [0.4, 0.5) is 52.7 Å². The van der Waals surface area contributed by atoms with Gasteiger partial charge in [-0.2, -0.15) is 0 Å². The Kier molecular flexibility index (Phi) is 4.68. The van der Waals surface area contributed by atoms with E-state index in [0.29, 0.717) is 36.4 Å². The first-order valence-electron chi connectivity index (χ1n) is 8.84. The molecule has 16 heteroatoms. The monoisotopic (exact) mass is 532 g/mol. The van der Waals surface area contributed by atoms with Crippen LogP contribution < -0.4 is 10.6 Å². The van der Waals surface area contributed by atoms with Crippen LogP contribution in [-0.4, -0.2) is 29.6 Å². The molecule has 188 valence electrons. The molecular formula is C18H9F12O3P. The molecule has 0 unspecified atom stereocenters. The number of hydrogen-bond acceptors (Lipinski definition) is 3. The van der Waals surface area contributed by atoms with Crippen molar-refractivity contribution < 1.29 is 66.6 Å². The van der Waals surface area contributed by atoms with Gasteiger partial charge in [0, 0.05) is 0 Å². The molecule has 0 aliphatic carbocycles. The van der Waals surface area contributed by atoms with Gasteiger partial charge in [-0.05, 0) is 0 Å². The van der Waals surface area contributed by atoms with Gasteiger partial charge in [0.15, 0.2) is 0 Å². The quantitative estimate of drug-likeness (QED) is 0.354. The molecule has 2 aliphatic rings. The average molecular weight is 532 g/mol. The second-order valence-corrected chi connectivity index (χ2v) is 10.6. The molecule has 0 bridgehead atoms. The van der Waals surface area contributed by atoms with Gasteiger partial charge < -0.3 is 0 Å². The molecule has 0 saturated carbocycles. The first-order chi connectivity index (χ1) is 15.2. The third-order valence-corrected chi connectivity index (χ3v) is 9.33. The number of alkyl halides is 12. The van der Waals surface area contributed by atoms with Crippen LogP contribution >= 0.6 is 7.28 Å². The summed E-state index contributed by atoms with van der Waals surface area (Å²) in [6, 6.07) is 3.56. The number of rotatable bonds is 0. The molecule has 34 heavy (non-hydrogen) atoms.